The Morgan fingerprint density at radius 1 is 1.09 bits per heavy atom. The second-order valence-corrected chi connectivity index (χ2v) is 8.07. The summed E-state index contributed by atoms with van der Waals surface area (Å²) < 4.78 is 16.1. The summed E-state index contributed by atoms with van der Waals surface area (Å²) in [6.45, 7) is 0.605. The molecule has 33 heavy (non-hydrogen) atoms. The Balaban J connectivity index is 1.65. The number of hydrogen-bond donors (Lipinski definition) is 2. The predicted molar refractivity (Wildman–Crippen MR) is 129 cm³/mol. The van der Waals surface area contributed by atoms with Crippen molar-refractivity contribution in [3.63, 3.8) is 0 Å². The fraction of sp³-hybridized carbons (Fsp3) is 0.208. The van der Waals surface area contributed by atoms with Crippen LogP contribution in [0, 0.1) is 0 Å². The molecule has 4 rings (SSSR count). The number of primary amides is 1. The van der Waals surface area contributed by atoms with Crippen LogP contribution in [-0.2, 0) is 22.7 Å². The van der Waals surface area contributed by atoms with Gasteiger partial charge in [0, 0.05) is 24.6 Å². The van der Waals surface area contributed by atoms with E-state index in [0.29, 0.717) is 30.5 Å². The fourth-order valence-corrected chi connectivity index (χ4v) is 4.38. The number of thiophene rings is 1. The van der Waals surface area contributed by atoms with E-state index in [-0.39, 0.29) is 6.61 Å². The fourth-order valence-electron chi connectivity index (χ4n) is 3.41. The summed E-state index contributed by atoms with van der Waals surface area (Å²) in [6, 6.07) is 15.7. The summed E-state index contributed by atoms with van der Waals surface area (Å²) in [6.07, 6.45) is 0. The second-order valence-electron chi connectivity index (χ2n) is 7.21. The van der Waals surface area contributed by atoms with E-state index < -0.39 is 5.91 Å². The number of rotatable bonds is 10. The standard InChI is InChI=1S/C24H24N4O4S/c1-30-13-21-27-23(22-17(14-33-24(22)28-21)16-6-4-3-5-7-16)26-11-15-8-9-18(19(10-15)31-2)32-12-20(25)29/h3-10,14H,11-13H2,1-2H3,(H2,25,29)(H,26,27,28). The molecule has 0 radical (unpaired) electrons. The van der Waals surface area contributed by atoms with Gasteiger partial charge in [0.1, 0.15) is 17.3 Å². The van der Waals surface area contributed by atoms with E-state index in [1.54, 1.807) is 31.6 Å². The Labute approximate surface area is 195 Å². The van der Waals surface area contributed by atoms with Gasteiger partial charge >= 0.3 is 0 Å². The molecule has 170 valence electrons. The summed E-state index contributed by atoms with van der Waals surface area (Å²) in [7, 11) is 3.17. The van der Waals surface area contributed by atoms with Crippen LogP contribution in [0.3, 0.4) is 0 Å². The largest absolute Gasteiger partial charge is 0.493 e. The molecule has 0 saturated carbocycles. The number of nitrogens with two attached hydrogens (primary N) is 1. The van der Waals surface area contributed by atoms with Gasteiger partial charge in [-0.25, -0.2) is 9.97 Å². The van der Waals surface area contributed by atoms with E-state index in [2.05, 4.69) is 27.8 Å². The van der Waals surface area contributed by atoms with Gasteiger partial charge in [-0.15, -0.1) is 11.3 Å². The topological polar surface area (TPSA) is 109 Å². The first-order valence-corrected chi connectivity index (χ1v) is 11.1. The predicted octanol–water partition coefficient (Wildman–Crippen LogP) is 3.99. The third kappa shape index (κ3) is 5.21. The average Bonchev–Trinajstić information content (AvgIpc) is 3.26. The van der Waals surface area contributed by atoms with E-state index in [1.807, 2.05) is 30.3 Å². The molecule has 0 saturated heterocycles. The van der Waals surface area contributed by atoms with Gasteiger partial charge in [-0.05, 0) is 23.3 Å². The maximum absolute atomic E-state index is 11.0. The zero-order chi connectivity index (χ0) is 23.2. The Morgan fingerprint density at radius 2 is 1.91 bits per heavy atom. The molecule has 3 N–H and O–H groups in total. The SMILES string of the molecule is COCc1nc(NCc2ccc(OCC(N)=O)c(OC)c2)c2c(-c3ccccc3)csc2n1. The zero-order valence-electron chi connectivity index (χ0n) is 18.3. The van der Waals surface area contributed by atoms with Gasteiger partial charge in [0.15, 0.2) is 23.9 Å². The molecule has 0 spiro atoms. The summed E-state index contributed by atoms with van der Waals surface area (Å²) >= 11 is 1.58. The number of methoxy groups -OCH3 is 2. The normalized spacial score (nSPS) is 10.8. The zero-order valence-corrected chi connectivity index (χ0v) is 19.1. The van der Waals surface area contributed by atoms with Gasteiger partial charge in [-0.1, -0.05) is 36.4 Å². The highest BCUT2D eigenvalue weighted by Gasteiger charge is 2.16. The smallest absolute Gasteiger partial charge is 0.255 e. The average molecular weight is 465 g/mol. The van der Waals surface area contributed by atoms with Crippen molar-refractivity contribution in [3.8, 4) is 22.6 Å². The van der Waals surface area contributed by atoms with Crippen molar-refractivity contribution in [1.29, 1.82) is 0 Å². The van der Waals surface area contributed by atoms with Gasteiger partial charge < -0.3 is 25.3 Å². The molecule has 1 amide bonds. The van der Waals surface area contributed by atoms with Crippen LogP contribution in [0.15, 0.2) is 53.9 Å². The number of ether oxygens (including phenoxy) is 3. The first kappa shape index (κ1) is 22.5. The lowest BCUT2D eigenvalue weighted by molar-refractivity contribution is -0.119. The first-order valence-electron chi connectivity index (χ1n) is 10.2. The number of hydrogen-bond acceptors (Lipinski definition) is 8. The van der Waals surface area contributed by atoms with Crippen LogP contribution in [0.4, 0.5) is 5.82 Å². The Hall–Kier alpha value is -3.69. The Bertz CT molecular complexity index is 1260. The lowest BCUT2D eigenvalue weighted by Crippen LogP contribution is -2.20. The van der Waals surface area contributed by atoms with E-state index in [1.165, 1.54) is 0 Å². The Kier molecular flexibility index (Phi) is 7.01. The highest BCUT2D eigenvalue weighted by Crippen LogP contribution is 2.37. The van der Waals surface area contributed by atoms with E-state index in [4.69, 9.17) is 24.9 Å². The number of carbonyl (C=O) groups excluding carboxylic acids is 1. The van der Waals surface area contributed by atoms with E-state index >= 15 is 0 Å². The van der Waals surface area contributed by atoms with E-state index in [9.17, 15) is 4.79 Å². The molecule has 2 heterocycles. The molecular weight excluding hydrogens is 440 g/mol. The molecule has 0 aliphatic carbocycles. The van der Waals surface area contributed by atoms with Crippen LogP contribution < -0.4 is 20.5 Å². The molecule has 8 nitrogen and oxygen atoms in total. The van der Waals surface area contributed by atoms with Gasteiger partial charge in [-0.3, -0.25) is 4.79 Å². The Morgan fingerprint density at radius 3 is 2.64 bits per heavy atom. The minimum Gasteiger partial charge on any atom is -0.493 e. The molecular formula is C24H24N4O4S. The van der Waals surface area contributed by atoms with Crippen LogP contribution in [0.5, 0.6) is 11.5 Å². The highest BCUT2D eigenvalue weighted by atomic mass is 32.1. The van der Waals surface area contributed by atoms with Crippen LogP contribution in [0.2, 0.25) is 0 Å². The third-order valence-corrected chi connectivity index (χ3v) is 5.77. The monoisotopic (exact) mass is 464 g/mol. The maximum Gasteiger partial charge on any atom is 0.255 e. The first-order chi connectivity index (χ1) is 16.1. The van der Waals surface area contributed by atoms with Crippen molar-refractivity contribution in [2.45, 2.75) is 13.2 Å². The molecule has 9 heteroatoms. The van der Waals surface area contributed by atoms with Crippen LogP contribution in [0.25, 0.3) is 21.3 Å². The molecule has 0 aliphatic heterocycles. The number of nitrogens with zero attached hydrogens (tertiary/aromatic N) is 2. The van der Waals surface area contributed by atoms with Crippen molar-refractivity contribution in [3.05, 3.63) is 65.3 Å². The molecule has 2 aromatic carbocycles. The number of carbonyl (C=O) groups is 1. The summed E-state index contributed by atoms with van der Waals surface area (Å²) in [5, 5.41) is 6.52. The van der Waals surface area contributed by atoms with Crippen molar-refractivity contribution < 1.29 is 19.0 Å². The minimum atomic E-state index is -0.549. The lowest BCUT2D eigenvalue weighted by Gasteiger charge is -2.13. The number of amides is 1. The number of fused-ring (bicyclic) bond motifs is 1. The lowest BCUT2D eigenvalue weighted by atomic mass is 10.1. The van der Waals surface area contributed by atoms with Gasteiger partial charge in [-0.2, -0.15) is 0 Å². The molecule has 4 aromatic rings. The van der Waals surface area contributed by atoms with Gasteiger partial charge in [0.25, 0.3) is 5.91 Å². The minimum absolute atomic E-state index is 0.213. The summed E-state index contributed by atoms with van der Waals surface area (Å²) in [5.41, 5.74) is 8.30. The number of aromatic nitrogens is 2. The van der Waals surface area contributed by atoms with Crippen LogP contribution in [-0.4, -0.2) is 36.7 Å². The van der Waals surface area contributed by atoms with Crippen molar-refractivity contribution in [2.75, 3.05) is 26.1 Å². The van der Waals surface area contributed by atoms with Crippen LogP contribution in [0.1, 0.15) is 11.4 Å². The maximum atomic E-state index is 11.0. The van der Waals surface area contributed by atoms with Crippen molar-refractivity contribution in [1.82, 2.24) is 9.97 Å². The highest BCUT2D eigenvalue weighted by molar-refractivity contribution is 7.17. The third-order valence-electron chi connectivity index (χ3n) is 4.90. The van der Waals surface area contributed by atoms with Gasteiger partial charge in [0.05, 0.1) is 12.5 Å². The molecule has 0 bridgehead atoms. The molecule has 0 fully saturated rings. The summed E-state index contributed by atoms with van der Waals surface area (Å²) in [4.78, 5) is 21.3. The molecule has 0 atom stereocenters. The molecule has 0 aliphatic rings. The molecule has 0 unspecified atom stereocenters. The van der Waals surface area contributed by atoms with Crippen molar-refractivity contribution >= 4 is 33.3 Å². The van der Waals surface area contributed by atoms with Gasteiger partial charge in [0.2, 0.25) is 0 Å². The number of anilines is 1. The summed E-state index contributed by atoms with van der Waals surface area (Å²) in [5.74, 6) is 1.77. The molecule has 2 aromatic heterocycles. The van der Waals surface area contributed by atoms with Crippen molar-refractivity contribution in [2.24, 2.45) is 5.73 Å². The number of nitrogens with one attached hydrogen (secondary N) is 1. The van der Waals surface area contributed by atoms with Crippen LogP contribution >= 0.6 is 11.3 Å². The quantitative estimate of drug-likeness (QED) is 0.365. The number of benzene rings is 2. The second kappa shape index (κ2) is 10.3. The van der Waals surface area contributed by atoms with E-state index in [0.717, 1.165) is 32.7 Å².